The Morgan fingerprint density at radius 3 is 2.81 bits per heavy atom. The van der Waals surface area contributed by atoms with E-state index in [4.69, 9.17) is 11.6 Å². The van der Waals surface area contributed by atoms with Gasteiger partial charge in [0.1, 0.15) is 11.6 Å². The smallest absolute Gasteiger partial charge is 0.327 e. The van der Waals surface area contributed by atoms with Crippen LogP contribution in [0.15, 0.2) is 11.0 Å². The number of halogens is 1. The van der Waals surface area contributed by atoms with Gasteiger partial charge in [-0.2, -0.15) is 5.10 Å². The van der Waals surface area contributed by atoms with Crippen molar-refractivity contribution < 1.29 is 9.53 Å². The molecule has 0 saturated carbocycles. The Bertz CT molecular complexity index is 545. The van der Waals surface area contributed by atoms with Crippen molar-refractivity contribution >= 4 is 23.3 Å². The molecule has 0 aliphatic rings. The fourth-order valence-electron chi connectivity index (χ4n) is 1.51. The van der Waals surface area contributed by atoms with Crippen LogP contribution in [0.25, 0.3) is 0 Å². The SMILES string of the molecule is COC(=O)Cn1ncc(NCCN(C)C(C)C)c(Cl)c1=O. The lowest BCUT2D eigenvalue weighted by molar-refractivity contribution is -0.141. The number of carbonyl (C=O) groups excluding carboxylic acids is 1. The highest BCUT2D eigenvalue weighted by Crippen LogP contribution is 2.14. The molecule has 0 saturated heterocycles. The van der Waals surface area contributed by atoms with E-state index in [0.29, 0.717) is 18.3 Å². The molecule has 0 unspecified atom stereocenters. The average Bonchev–Trinajstić information content (AvgIpc) is 2.45. The zero-order valence-corrected chi connectivity index (χ0v) is 13.5. The highest BCUT2D eigenvalue weighted by atomic mass is 35.5. The molecule has 0 bridgehead atoms. The Morgan fingerprint density at radius 1 is 1.57 bits per heavy atom. The number of likely N-dealkylation sites (N-methyl/N-ethyl adjacent to an activating group) is 1. The number of hydrogen-bond acceptors (Lipinski definition) is 6. The number of ether oxygens (including phenoxy) is 1. The molecule has 0 spiro atoms. The van der Waals surface area contributed by atoms with E-state index in [1.54, 1.807) is 0 Å². The lowest BCUT2D eigenvalue weighted by Crippen LogP contribution is -2.32. The van der Waals surface area contributed by atoms with E-state index >= 15 is 0 Å². The minimum Gasteiger partial charge on any atom is -0.468 e. The normalized spacial score (nSPS) is 11.0. The lowest BCUT2D eigenvalue weighted by atomic mass is 10.3. The zero-order valence-electron chi connectivity index (χ0n) is 12.7. The molecule has 0 aromatic carbocycles. The summed E-state index contributed by atoms with van der Waals surface area (Å²) in [6.07, 6.45) is 1.43. The first-order valence-corrected chi connectivity index (χ1v) is 7.01. The third-order valence-electron chi connectivity index (χ3n) is 3.15. The van der Waals surface area contributed by atoms with E-state index in [-0.39, 0.29) is 11.6 Å². The number of anilines is 1. The largest absolute Gasteiger partial charge is 0.468 e. The summed E-state index contributed by atoms with van der Waals surface area (Å²) in [6, 6.07) is 0.438. The summed E-state index contributed by atoms with van der Waals surface area (Å²) >= 11 is 6.00. The second-order valence-corrected chi connectivity index (χ2v) is 5.29. The Morgan fingerprint density at radius 2 is 2.24 bits per heavy atom. The first kappa shape index (κ1) is 17.5. The molecule has 0 aliphatic carbocycles. The number of nitrogens with zero attached hydrogens (tertiary/aromatic N) is 3. The second kappa shape index (κ2) is 7.99. The zero-order chi connectivity index (χ0) is 16.0. The van der Waals surface area contributed by atoms with Crippen LogP contribution in [0, 0.1) is 0 Å². The molecule has 0 radical (unpaired) electrons. The van der Waals surface area contributed by atoms with Gasteiger partial charge in [0.15, 0.2) is 0 Å². The van der Waals surface area contributed by atoms with Crippen molar-refractivity contribution in [2.24, 2.45) is 0 Å². The van der Waals surface area contributed by atoms with Gasteiger partial charge in [-0.1, -0.05) is 11.6 Å². The summed E-state index contributed by atoms with van der Waals surface area (Å²) in [5.74, 6) is -0.556. The molecular weight excluding hydrogens is 296 g/mol. The van der Waals surface area contributed by atoms with Gasteiger partial charge in [-0.25, -0.2) is 4.68 Å². The Hall–Kier alpha value is -1.60. The summed E-state index contributed by atoms with van der Waals surface area (Å²) in [7, 11) is 3.26. The molecule has 0 atom stereocenters. The third kappa shape index (κ3) is 5.02. The number of carbonyl (C=O) groups is 1. The Kier molecular flexibility index (Phi) is 6.64. The van der Waals surface area contributed by atoms with Crippen LogP contribution in [0.3, 0.4) is 0 Å². The lowest BCUT2D eigenvalue weighted by Gasteiger charge is -2.21. The maximum atomic E-state index is 12.0. The van der Waals surface area contributed by atoms with Crippen molar-refractivity contribution in [3.8, 4) is 0 Å². The van der Waals surface area contributed by atoms with Gasteiger partial charge in [-0.05, 0) is 20.9 Å². The fraction of sp³-hybridized carbons (Fsp3) is 0.615. The molecule has 7 nitrogen and oxygen atoms in total. The molecule has 0 aliphatic heterocycles. The number of rotatable bonds is 7. The first-order chi connectivity index (χ1) is 9.86. The minimum absolute atomic E-state index is 0.0149. The van der Waals surface area contributed by atoms with Gasteiger partial charge < -0.3 is 15.0 Å². The van der Waals surface area contributed by atoms with Crippen molar-refractivity contribution in [3.63, 3.8) is 0 Å². The number of nitrogens with one attached hydrogen (secondary N) is 1. The van der Waals surface area contributed by atoms with Crippen molar-refractivity contribution in [3.05, 3.63) is 21.6 Å². The van der Waals surface area contributed by atoms with Gasteiger partial charge in [0.25, 0.3) is 5.56 Å². The molecule has 0 fully saturated rings. The standard InChI is InChI=1S/C13H21ClN4O3/c1-9(2)17(3)6-5-15-10-7-16-18(8-11(19)21-4)13(20)12(10)14/h7,9,15H,5-6,8H2,1-4H3. The summed E-state index contributed by atoms with van der Waals surface area (Å²) in [5.41, 5.74) is -0.0655. The van der Waals surface area contributed by atoms with Crippen LogP contribution in [-0.2, 0) is 16.1 Å². The van der Waals surface area contributed by atoms with Crippen molar-refractivity contribution in [1.82, 2.24) is 14.7 Å². The molecule has 1 N–H and O–H groups in total. The van der Waals surface area contributed by atoms with E-state index in [1.807, 2.05) is 7.05 Å². The minimum atomic E-state index is -0.556. The topological polar surface area (TPSA) is 76.5 Å². The molecule has 1 aromatic heterocycles. The van der Waals surface area contributed by atoms with Crippen molar-refractivity contribution in [2.75, 3.05) is 32.6 Å². The van der Waals surface area contributed by atoms with Crippen molar-refractivity contribution in [1.29, 1.82) is 0 Å². The molecule has 1 rings (SSSR count). The van der Waals surface area contributed by atoms with Crippen LogP contribution in [0.2, 0.25) is 5.02 Å². The molecule has 8 heteroatoms. The van der Waals surface area contributed by atoms with Gasteiger partial charge in [0.05, 0.1) is 19.0 Å². The molecule has 21 heavy (non-hydrogen) atoms. The van der Waals surface area contributed by atoms with Gasteiger partial charge >= 0.3 is 5.97 Å². The van der Waals surface area contributed by atoms with Crippen molar-refractivity contribution in [2.45, 2.75) is 26.4 Å². The quantitative estimate of drug-likeness (QED) is 0.751. The Labute approximate surface area is 128 Å². The maximum Gasteiger partial charge on any atom is 0.327 e. The summed E-state index contributed by atoms with van der Waals surface area (Å²) < 4.78 is 5.46. The summed E-state index contributed by atoms with van der Waals surface area (Å²) in [4.78, 5) is 25.3. The molecule has 1 heterocycles. The molecule has 1 aromatic rings. The summed E-state index contributed by atoms with van der Waals surface area (Å²) in [5, 5.41) is 6.99. The van der Waals surface area contributed by atoms with E-state index in [1.165, 1.54) is 13.3 Å². The van der Waals surface area contributed by atoms with Crippen LogP contribution in [0.1, 0.15) is 13.8 Å². The second-order valence-electron chi connectivity index (χ2n) is 4.91. The highest BCUT2D eigenvalue weighted by molar-refractivity contribution is 6.32. The van der Waals surface area contributed by atoms with Crippen LogP contribution >= 0.6 is 11.6 Å². The van der Waals surface area contributed by atoms with Gasteiger partial charge in [-0.15, -0.1) is 0 Å². The molecule has 0 amide bonds. The van der Waals surface area contributed by atoms with Crippen LogP contribution in [0.4, 0.5) is 5.69 Å². The number of aromatic nitrogens is 2. The number of methoxy groups -OCH3 is 1. The van der Waals surface area contributed by atoms with E-state index in [2.05, 4.69) is 33.9 Å². The van der Waals surface area contributed by atoms with Crippen LogP contribution in [-0.4, -0.2) is 53.9 Å². The molecule has 118 valence electrons. The van der Waals surface area contributed by atoms with E-state index < -0.39 is 11.5 Å². The number of hydrogen-bond donors (Lipinski definition) is 1. The third-order valence-corrected chi connectivity index (χ3v) is 3.52. The fourth-order valence-corrected chi connectivity index (χ4v) is 1.73. The van der Waals surface area contributed by atoms with Crippen LogP contribution < -0.4 is 10.9 Å². The highest BCUT2D eigenvalue weighted by Gasteiger charge is 2.12. The van der Waals surface area contributed by atoms with Gasteiger partial charge in [0.2, 0.25) is 0 Å². The van der Waals surface area contributed by atoms with E-state index in [9.17, 15) is 9.59 Å². The predicted octanol–water partition coefficient (Wildman–Crippen LogP) is 0.822. The van der Waals surface area contributed by atoms with E-state index in [0.717, 1.165) is 11.2 Å². The first-order valence-electron chi connectivity index (χ1n) is 6.63. The maximum absolute atomic E-state index is 12.0. The predicted molar refractivity (Wildman–Crippen MR) is 81.8 cm³/mol. The Balaban J connectivity index is 2.71. The van der Waals surface area contributed by atoms with Crippen LogP contribution in [0.5, 0.6) is 0 Å². The monoisotopic (exact) mass is 316 g/mol. The van der Waals surface area contributed by atoms with Gasteiger partial charge in [0, 0.05) is 19.1 Å². The number of esters is 1. The van der Waals surface area contributed by atoms with Gasteiger partial charge in [-0.3, -0.25) is 9.59 Å². The summed E-state index contributed by atoms with van der Waals surface area (Å²) in [6.45, 7) is 5.38. The average molecular weight is 317 g/mol. The molecular formula is C13H21ClN4O3.